The average Bonchev–Trinajstić information content (AvgIpc) is 2.43. The van der Waals surface area contributed by atoms with E-state index in [0.29, 0.717) is 23.9 Å². The average molecular weight is 278 g/mol. The van der Waals surface area contributed by atoms with Crippen LogP contribution in [0.25, 0.3) is 0 Å². The van der Waals surface area contributed by atoms with Gasteiger partial charge in [-0.3, -0.25) is 9.69 Å². The highest BCUT2D eigenvalue weighted by Crippen LogP contribution is 2.18. The lowest BCUT2D eigenvalue weighted by molar-refractivity contribution is 0.0885. The molecule has 4 heteroatoms. The van der Waals surface area contributed by atoms with Crippen molar-refractivity contribution >= 4 is 5.78 Å². The highest BCUT2D eigenvalue weighted by molar-refractivity contribution is 6.00. The summed E-state index contributed by atoms with van der Waals surface area (Å²) >= 11 is 0. The Morgan fingerprint density at radius 1 is 1.30 bits per heavy atom. The van der Waals surface area contributed by atoms with E-state index in [1.807, 2.05) is 38.4 Å². The molecule has 0 fully saturated rings. The minimum atomic E-state index is 0.106. The van der Waals surface area contributed by atoms with Crippen molar-refractivity contribution in [2.75, 3.05) is 40.8 Å². The number of carbonyl (C=O) groups excluding carboxylic acids is 1. The number of ketones is 1. The minimum Gasteiger partial charge on any atom is -0.496 e. The van der Waals surface area contributed by atoms with Gasteiger partial charge in [-0.15, -0.1) is 0 Å². The van der Waals surface area contributed by atoms with Crippen LogP contribution in [0.5, 0.6) is 5.75 Å². The molecule has 1 aromatic carbocycles. The van der Waals surface area contributed by atoms with Crippen molar-refractivity contribution < 1.29 is 9.53 Å². The molecule has 0 saturated carbocycles. The molecule has 0 saturated heterocycles. The molecule has 4 nitrogen and oxygen atoms in total. The first-order chi connectivity index (χ1) is 9.49. The van der Waals surface area contributed by atoms with Crippen molar-refractivity contribution in [2.24, 2.45) is 0 Å². The maximum Gasteiger partial charge on any atom is 0.180 e. The molecular weight excluding hydrogens is 252 g/mol. The number of carbonyl (C=O) groups is 1. The number of likely N-dealkylation sites (N-methyl/N-ethyl adjacent to an activating group) is 2. The summed E-state index contributed by atoms with van der Waals surface area (Å²) in [5.41, 5.74) is 0.658. The molecule has 0 aliphatic rings. The summed E-state index contributed by atoms with van der Waals surface area (Å²) in [5, 5.41) is 0. The van der Waals surface area contributed by atoms with Gasteiger partial charge >= 0.3 is 0 Å². The van der Waals surface area contributed by atoms with Crippen LogP contribution in [-0.2, 0) is 0 Å². The molecule has 0 spiro atoms. The van der Waals surface area contributed by atoms with Gasteiger partial charge in [0.25, 0.3) is 0 Å². The second-order valence-corrected chi connectivity index (χ2v) is 5.30. The summed E-state index contributed by atoms with van der Waals surface area (Å²) in [4.78, 5) is 16.8. The van der Waals surface area contributed by atoms with Crippen LogP contribution >= 0.6 is 0 Å². The molecular formula is C16H26N2O2. The van der Waals surface area contributed by atoms with Gasteiger partial charge < -0.3 is 9.64 Å². The van der Waals surface area contributed by atoms with E-state index >= 15 is 0 Å². The Morgan fingerprint density at radius 3 is 2.50 bits per heavy atom. The van der Waals surface area contributed by atoms with Gasteiger partial charge in [-0.05, 0) is 39.7 Å². The van der Waals surface area contributed by atoms with Crippen LogP contribution in [0.1, 0.15) is 24.2 Å². The number of methoxy groups -OCH3 is 1. The van der Waals surface area contributed by atoms with E-state index in [0.717, 1.165) is 13.1 Å². The van der Waals surface area contributed by atoms with E-state index in [2.05, 4.69) is 23.6 Å². The largest absolute Gasteiger partial charge is 0.496 e. The predicted octanol–water partition coefficient (Wildman–Crippen LogP) is 2.15. The zero-order valence-corrected chi connectivity index (χ0v) is 13.2. The van der Waals surface area contributed by atoms with Crippen LogP contribution in [0.4, 0.5) is 0 Å². The number of hydrogen-bond donors (Lipinski definition) is 0. The van der Waals surface area contributed by atoms with Crippen molar-refractivity contribution in [3.8, 4) is 5.75 Å². The number of benzene rings is 1. The lowest BCUT2D eigenvalue weighted by atomic mass is 10.1. The van der Waals surface area contributed by atoms with E-state index in [-0.39, 0.29) is 5.78 Å². The maximum atomic E-state index is 12.4. The lowest BCUT2D eigenvalue weighted by Gasteiger charge is -2.29. The first-order valence-electron chi connectivity index (χ1n) is 7.04. The first-order valence-corrected chi connectivity index (χ1v) is 7.04. The van der Waals surface area contributed by atoms with Crippen LogP contribution in [-0.4, -0.2) is 62.5 Å². The molecule has 0 aromatic heterocycles. The van der Waals surface area contributed by atoms with Crippen molar-refractivity contribution in [2.45, 2.75) is 19.9 Å². The van der Waals surface area contributed by atoms with Gasteiger partial charge in [0, 0.05) is 12.6 Å². The second-order valence-electron chi connectivity index (χ2n) is 5.30. The molecule has 1 unspecified atom stereocenters. The fraction of sp³-hybridized carbons (Fsp3) is 0.562. The zero-order valence-electron chi connectivity index (χ0n) is 13.2. The molecule has 1 atom stereocenters. The fourth-order valence-electron chi connectivity index (χ4n) is 2.37. The van der Waals surface area contributed by atoms with E-state index in [9.17, 15) is 4.79 Å². The molecule has 112 valence electrons. The van der Waals surface area contributed by atoms with Crippen LogP contribution < -0.4 is 4.74 Å². The fourth-order valence-corrected chi connectivity index (χ4v) is 2.37. The molecule has 0 aliphatic heterocycles. The monoisotopic (exact) mass is 278 g/mol. The van der Waals surface area contributed by atoms with Gasteiger partial charge in [0.05, 0.1) is 19.2 Å². The third kappa shape index (κ3) is 4.62. The summed E-state index contributed by atoms with van der Waals surface area (Å²) < 4.78 is 5.26. The molecule has 0 aliphatic carbocycles. The number of hydrogen-bond acceptors (Lipinski definition) is 4. The van der Waals surface area contributed by atoms with Crippen molar-refractivity contribution in [1.29, 1.82) is 0 Å². The number of nitrogens with zero attached hydrogens (tertiary/aromatic N) is 2. The molecule has 0 bridgehead atoms. The number of para-hydroxylation sites is 1. The van der Waals surface area contributed by atoms with Crippen LogP contribution in [0.2, 0.25) is 0 Å². The SMILES string of the molecule is CCN(CC(=O)c1ccccc1OC)C(C)CN(C)C. The number of Topliss-reactive ketones (excluding diaryl/α,β-unsaturated/α-hetero) is 1. The maximum absolute atomic E-state index is 12.4. The Balaban J connectivity index is 2.76. The Bertz CT molecular complexity index is 432. The molecule has 20 heavy (non-hydrogen) atoms. The van der Waals surface area contributed by atoms with Crippen molar-refractivity contribution in [3.05, 3.63) is 29.8 Å². The van der Waals surface area contributed by atoms with Crippen LogP contribution in [0.15, 0.2) is 24.3 Å². The Hall–Kier alpha value is -1.39. The van der Waals surface area contributed by atoms with E-state index < -0.39 is 0 Å². The second kappa shape index (κ2) is 8.02. The number of ether oxygens (including phenoxy) is 1. The van der Waals surface area contributed by atoms with E-state index in [4.69, 9.17) is 4.74 Å². The third-order valence-electron chi connectivity index (χ3n) is 3.41. The zero-order chi connectivity index (χ0) is 15.1. The summed E-state index contributed by atoms with van der Waals surface area (Å²) in [6, 6.07) is 7.74. The van der Waals surface area contributed by atoms with E-state index in [1.54, 1.807) is 7.11 Å². The van der Waals surface area contributed by atoms with Gasteiger partial charge in [0.15, 0.2) is 5.78 Å². The molecule has 0 heterocycles. The smallest absolute Gasteiger partial charge is 0.180 e. The molecule has 0 amide bonds. The topological polar surface area (TPSA) is 32.8 Å². The summed E-state index contributed by atoms with van der Waals surface area (Å²) in [5.74, 6) is 0.753. The Morgan fingerprint density at radius 2 is 1.95 bits per heavy atom. The molecule has 0 radical (unpaired) electrons. The predicted molar refractivity (Wildman–Crippen MR) is 82.6 cm³/mol. The van der Waals surface area contributed by atoms with Crippen LogP contribution in [0.3, 0.4) is 0 Å². The normalized spacial score (nSPS) is 12.8. The van der Waals surface area contributed by atoms with Gasteiger partial charge in [-0.2, -0.15) is 0 Å². The quantitative estimate of drug-likeness (QED) is 0.682. The van der Waals surface area contributed by atoms with Gasteiger partial charge in [-0.25, -0.2) is 0 Å². The van der Waals surface area contributed by atoms with Crippen LogP contribution in [0, 0.1) is 0 Å². The molecule has 0 N–H and O–H groups in total. The Labute approximate surface area is 122 Å². The third-order valence-corrected chi connectivity index (χ3v) is 3.41. The summed E-state index contributed by atoms with van der Waals surface area (Å²) in [6.45, 7) is 6.45. The summed E-state index contributed by atoms with van der Waals surface area (Å²) in [6.07, 6.45) is 0. The highest BCUT2D eigenvalue weighted by atomic mass is 16.5. The molecule has 1 rings (SSSR count). The first kappa shape index (κ1) is 16.7. The number of rotatable bonds is 8. The lowest BCUT2D eigenvalue weighted by Crippen LogP contribution is -2.42. The van der Waals surface area contributed by atoms with Gasteiger partial charge in [0.2, 0.25) is 0 Å². The highest BCUT2D eigenvalue weighted by Gasteiger charge is 2.19. The summed E-state index contributed by atoms with van der Waals surface area (Å²) in [7, 11) is 5.69. The van der Waals surface area contributed by atoms with Crippen molar-refractivity contribution in [3.63, 3.8) is 0 Å². The van der Waals surface area contributed by atoms with Crippen molar-refractivity contribution in [1.82, 2.24) is 9.80 Å². The van der Waals surface area contributed by atoms with Gasteiger partial charge in [0.1, 0.15) is 5.75 Å². The minimum absolute atomic E-state index is 0.106. The Kier molecular flexibility index (Phi) is 6.68. The van der Waals surface area contributed by atoms with E-state index in [1.165, 1.54) is 0 Å². The van der Waals surface area contributed by atoms with Gasteiger partial charge in [-0.1, -0.05) is 19.1 Å². The standard InChI is InChI=1S/C16H26N2O2/c1-6-18(13(2)11-17(3)4)12-15(19)14-9-7-8-10-16(14)20-5/h7-10,13H,6,11-12H2,1-5H3. The molecule has 1 aromatic rings.